The monoisotopic (exact) mass is 490 g/mol. The molecule has 1 aliphatic carbocycles. The lowest BCUT2D eigenvalue weighted by Gasteiger charge is -2.28. The second-order valence-electron chi connectivity index (χ2n) is 9.22. The number of hydrogen-bond donors (Lipinski definition) is 0. The second-order valence-corrected chi connectivity index (χ2v) is 10.1. The van der Waals surface area contributed by atoms with Crippen LogP contribution in [0.5, 0.6) is 0 Å². The molecule has 1 aromatic heterocycles. The van der Waals surface area contributed by atoms with Gasteiger partial charge in [0.15, 0.2) is 0 Å². The van der Waals surface area contributed by atoms with Gasteiger partial charge < -0.3 is 9.47 Å². The van der Waals surface area contributed by atoms with Crippen LogP contribution in [0.4, 0.5) is 0 Å². The van der Waals surface area contributed by atoms with Crippen molar-refractivity contribution in [3.05, 3.63) is 51.2 Å². The Labute approximate surface area is 192 Å². The van der Waals surface area contributed by atoms with Crippen molar-refractivity contribution < 1.29 is 14.3 Å². The number of nitrogens with zero attached hydrogens (tertiary/aromatic N) is 2. The van der Waals surface area contributed by atoms with E-state index >= 15 is 0 Å². The van der Waals surface area contributed by atoms with Crippen LogP contribution in [-0.4, -0.2) is 34.6 Å². The van der Waals surface area contributed by atoms with E-state index in [2.05, 4.69) is 21.0 Å². The van der Waals surface area contributed by atoms with Crippen LogP contribution in [0, 0.1) is 11.8 Å². The van der Waals surface area contributed by atoms with Gasteiger partial charge in [-0.15, -0.1) is 0 Å². The molecule has 0 atom stereocenters. The third kappa shape index (κ3) is 7.28. The van der Waals surface area contributed by atoms with Crippen LogP contribution in [0.3, 0.4) is 0 Å². The first kappa shape index (κ1) is 23.7. The molecular formula is C24H31BrN2O4. The van der Waals surface area contributed by atoms with Crippen LogP contribution in [0.1, 0.15) is 46.5 Å². The van der Waals surface area contributed by atoms with E-state index in [1.165, 1.54) is 0 Å². The molecule has 1 aromatic carbocycles. The Bertz CT molecular complexity index is 929. The first-order valence-corrected chi connectivity index (χ1v) is 11.6. The van der Waals surface area contributed by atoms with Gasteiger partial charge in [-0.05, 0) is 74.2 Å². The van der Waals surface area contributed by atoms with Crippen molar-refractivity contribution >= 4 is 21.9 Å². The topological polar surface area (TPSA) is 70.4 Å². The number of halogens is 1. The maximum Gasteiger partial charge on any atom is 0.332 e. The van der Waals surface area contributed by atoms with Crippen molar-refractivity contribution in [3.8, 4) is 11.3 Å². The Hall–Kier alpha value is -1.99. The summed E-state index contributed by atoms with van der Waals surface area (Å²) < 4.78 is 13.2. The molecule has 1 fully saturated rings. The molecule has 0 aliphatic heterocycles. The second kappa shape index (κ2) is 10.6. The summed E-state index contributed by atoms with van der Waals surface area (Å²) in [6.07, 6.45) is 4.09. The van der Waals surface area contributed by atoms with Crippen LogP contribution in [0.15, 0.2) is 45.7 Å². The third-order valence-electron chi connectivity index (χ3n) is 5.39. The molecule has 3 rings (SSSR count). The van der Waals surface area contributed by atoms with Gasteiger partial charge in [0.05, 0.1) is 11.1 Å². The lowest BCUT2D eigenvalue weighted by Crippen LogP contribution is -2.30. The Morgan fingerprint density at radius 1 is 1.13 bits per heavy atom. The third-order valence-corrected chi connectivity index (χ3v) is 5.99. The average molecular weight is 491 g/mol. The molecule has 168 valence electrons. The van der Waals surface area contributed by atoms with E-state index in [0.717, 1.165) is 36.9 Å². The predicted molar refractivity (Wildman–Crippen MR) is 124 cm³/mol. The summed E-state index contributed by atoms with van der Waals surface area (Å²) >= 11 is 3.48. The summed E-state index contributed by atoms with van der Waals surface area (Å²) in [5, 5.41) is 4.63. The quantitative estimate of drug-likeness (QED) is 0.519. The van der Waals surface area contributed by atoms with E-state index in [-0.39, 0.29) is 18.1 Å². The van der Waals surface area contributed by atoms with Crippen molar-refractivity contribution in [2.45, 2.75) is 58.6 Å². The lowest BCUT2D eigenvalue weighted by molar-refractivity contribution is -0.160. The fraction of sp³-hybridized carbons (Fsp3) is 0.542. The van der Waals surface area contributed by atoms with Gasteiger partial charge in [0.25, 0.3) is 5.56 Å². The number of aromatic nitrogens is 2. The van der Waals surface area contributed by atoms with Gasteiger partial charge in [-0.1, -0.05) is 30.3 Å². The number of hydrogen-bond acceptors (Lipinski definition) is 5. The van der Waals surface area contributed by atoms with Gasteiger partial charge in [0.1, 0.15) is 17.9 Å². The molecule has 1 saturated carbocycles. The number of rotatable bonds is 7. The summed E-state index contributed by atoms with van der Waals surface area (Å²) in [5.41, 5.74) is 1.19. The van der Waals surface area contributed by atoms with Gasteiger partial charge in [-0.3, -0.25) is 4.79 Å². The van der Waals surface area contributed by atoms with Crippen molar-refractivity contribution in [2.24, 2.45) is 11.8 Å². The molecule has 0 saturated heterocycles. The molecule has 0 spiro atoms. The minimum Gasteiger partial charge on any atom is -0.458 e. The zero-order valence-corrected chi connectivity index (χ0v) is 20.1. The van der Waals surface area contributed by atoms with E-state index in [1.807, 2.05) is 51.1 Å². The van der Waals surface area contributed by atoms with Crippen molar-refractivity contribution in [1.82, 2.24) is 9.78 Å². The maximum absolute atomic E-state index is 12.5. The van der Waals surface area contributed by atoms with Gasteiger partial charge in [-0.2, -0.15) is 5.10 Å². The number of carbonyl (C=O) groups excluding carboxylic acids is 1. The predicted octanol–water partition coefficient (Wildman–Crippen LogP) is 4.84. The zero-order chi connectivity index (χ0) is 22.4. The van der Waals surface area contributed by atoms with Gasteiger partial charge in [0, 0.05) is 18.2 Å². The largest absolute Gasteiger partial charge is 0.458 e. The fourth-order valence-corrected chi connectivity index (χ4v) is 4.40. The van der Waals surface area contributed by atoms with Gasteiger partial charge >= 0.3 is 5.97 Å². The van der Waals surface area contributed by atoms with Crippen LogP contribution in [0.25, 0.3) is 11.3 Å². The summed E-state index contributed by atoms with van der Waals surface area (Å²) in [5.74, 6) is 0.529. The molecule has 0 radical (unpaired) electrons. The highest BCUT2D eigenvalue weighted by Crippen LogP contribution is 2.30. The Morgan fingerprint density at radius 3 is 2.42 bits per heavy atom. The molecule has 31 heavy (non-hydrogen) atoms. The molecule has 0 N–H and O–H groups in total. The smallest absolute Gasteiger partial charge is 0.332 e. The minimum atomic E-state index is -0.488. The van der Waals surface area contributed by atoms with Gasteiger partial charge in [-0.25, -0.2) is 9.48 Å². The van der Waals surface area contributed by atoms with E-state index in [1.54, 1.807) is 10.7 Å². The van der Waals surface area contributed by atoms with Crippen LogP contribution in [0.2, 0.25) is 0 Å². The van der Waals surface area contributed by atoms with E-state index in [9.17, 15) is 9.59 Å². The van der Waals surface area contributed by atoms with Crippen LogP contribution >= 0.6 is 15.9 Å². The molecule has 1 aliphatic rings. The molecule has 1 heterocycles. The Kier molecular flexibility index (Phi) is 8.06. The van der Waals surface area contributed by atoms with Crippen LogP contribution in [-0.2, 0) is 20.8 Å². The molecule has 0 bridgehead atoms. The highest BCUT2D eigenvalue weighted by atomic mass is 79.9. The summed E-state index contributed by atoms with van der Waals surface area (Å²) in [7, 11) is 0. The highest BCUT2D eigenvalue weighted by molar-refractivity contribution is 9.10. The average Bonchev–Trinajstić information content (AvgIpc) is 2.70. The first-order chi connectivity index (χ1) is 14.7. The Balaban J connectivity index is 1.50. The molecular weight excluding hydrogens is 460 g/mol. The number of esters is 1. The SMILES string of the molecule is CC(C)(C)OC(=O)COCC1CCC(Cn2nc(-c3ccccc3)c(Br)cc2=O)CC1. The van der Waals surface area contributed by atoms with E-state index in [4.69, 9.17) is 9.47 Å². The number of carbonyl (C=O) groups is 1. The van der Waals surface area contributed by atoms with Crippen LogP contribution < -0.4 is 5.56 Å². The zero-order valence-electron chi connectivity index (χ0n) is 18.5. The fourth-order valence-electron chi connectivity index (χ4n) is 3.90. The first-order valence-electron chi connectivity index (χ1n) is 10.8. The molecule has 7 heteroatoms. The summed E-state index contributed by atoms with van der Waals surface area (Å²) in [6, 6.07) is 11.5. The molecule has 0 unspecified atom stereocenters. The summed E-state index contributed by atoms with van der Waals surface area (Å²) in [6.45, 7) is 6.73. The number of benzene rings is 1. The molecule has 6 nitrogen and oxygen atoms in total. The van der Waals surface area contributed by atoms with Crippen molar-refractivity contribution in [3.63, 3.8) is 0 Å². The standard InChI is InChI=1S/C24H31BrN2O4/c1-24(2,3)31-22(29)16-30-15-18-11-9-17(10-12-18)14-27-21(28)13-20(25)23(26-27)19-7-5-4-6-8-19/h4-8,13,17-18H,9-12,14-16H2,1-3H3. The maximum atomic E-state index is 12.5. The number of ether oxygens (including phenoxy) is 2. The summed E-state index contributed by atoms with van der Waals surface area (Å²) in [4.78, 5) is 24.2. The normalized spacial score (nSPS) is 19.2. The molecule has 2 aromatic rings. The highest BCUT2D eigenvalue weighted by Gasteiger charge is 2.23. The Morgan fingerprint density at radius 2 is 1.77 bits per heavy atom. The van der Waals surface area contributed by atoms with E-state index in [0.29, 0.717) is 29.5 Å². The van der Waals surface area contributed by atoms with Crippen molar-refractivity contribution in [2.75, 3.05) is 13.2 Å². The van der Waals surface area contributed by atoms with Crippen molar-refractivity contribution in [1.29, 1.82) is 0 Å². The van der Waals surface area contributed by atoms with Gasteiger partial charge in [0.2, 0.25) is 0 Å². The molecule has 0 amide bonds. The lowest BCUT2D eigenvalue weighted by atomic mass is 9.82. The minimum absolute atomic E-state index is 0.00231. The van der Waals surface area contributed by atoms with E-state index < -0.39 is 5.60 Å².